The van der Waals surface area contributed by atoms with Crippen molar-refractivity contribution in [3.05, 3.63) is 234 Å². The number of hydrogen-bond donors (Lipinski definition) is 1. The summed E-state index contributed by atoms with van der Waals surface area (Å²) in [5, 5.41) is 16.6. The van der Waals surface area contributed by atoms with Crippen molar-refractivity contribution in [1.29, 1.82) is 0 Å². The van der Waals surface area contributed by atoms with Crippen LogP contribution in [0.5, 0.6) is 0 Å². The molecule has 0 amide bonds. The third-order valence-electron chi connectivity index (χ3n) is 11.6. The van der Waals surface area contributed by atoms with Crippen molar-refractivity contribution in [2.45, 2.75) is 12.2 Å². The van der Waals surface area contributed by atoms with E-state index < -0.39 is 0 Å². The van der Waals surface area contributed by atoms with Crippen LogP contribution in [0.15, 0.2) is 212 Å². The summed E-state index contributed by atoms with van der Waals surface area (Å²) < 4.78 is 2.40. The van der Waals surface area contributed by atoms with Crippen molar-refractivity contribution in [2.75, 3.05) is 0 Å². The molecular formula is C54H38N3-. The maximum Gasteiger partial charge on any atom is 0.0541 e. The van der Waals surface area contributed by atoms with Crippen LogP contribution in [0, 0.1) is 0 Å². The fraction of sp³-hybridized carbons (Fsp3) is 0.0370. The third kappa shape index (κ3) is 5.88. The molecule has 9 aromatic carbocycles. The van der Waals surface area contributed by atoms with Gasteiger partial charge < -0.3 is 15.2 Å². The van der Waals surface area contributed by atoms with Crippen molar-refractivity contribution in [1.82, 2.24) is 9.88 Å². The van der Waals surface area contributed by atoms with E-state index in [4.69, 9.17) is 5.32 Å². The fourth-order valence-corrected chi connectivity index (χ4v) is 8.80. The van der Waals surface area contributed by atoms with Gasteiger partial charge in [-0.05, 0) is 91.4 Å². The number of aromatic nitrogens is 1. The number of nitrogens with zero attached hydrogens (tertiary/aromatic N) is 2. The van der Waals surface area contributed by atoms with E-state index in [1.54, 1.807) is 0 Å². The molecular weight excluding hydrogens is 691 g/mol. The molecule has 1 aromatic heterocycles. The Hall–Kier alpha value is -7.20. The van der Waals surface area contributed by atoms with Gasteiger partial charge in [0.15, 0.2) is 0 Å². The highest BCUT2D eigenvalue weighted by molar-refractivity contribution is 6.11. The zero-order valence-electron chi connectivity index (χ0n) is 31.3. The monoisotopic (exact) mass is 728 g/mol. The standard InChI is InChI=1S/C54H38N3/c1-2-14-41(15-3-1)54-55-50(35-51(56-54)47-22-11-17-39-13-5-7-19-45(39)47)40-26-24-36(25-27-40)37-28-31-43(32-29-37)57-52-23-9-8-20-48(52)49-34-42(30-33-53(49)57)46-21-10-16-38-12-4-6-18-44(38)46/h1-35,51,54-55H/q-1. The molecule has 2 heterocycles. The summed E-state index contributed by atoms with van der Waals surface area (Å²) in [7, 11) is 0. The molecule has 0 aliphatic carbocycles. The van der Waals surface area contributed by atoms with Gasteiger partial charge in [-0.1, -0.05) is 194 Å². The molecule has 57 heavy (non-hydrogen) atoms. The maximum absolute atomic E-state index is 5.32. The van der Waals surface area contributed by atoms with Crippen LogP contribution in [0.4, 0.5) is 0 Å². The van der Waals surface area contributed by atoms with E-state index in [2.05, 4.69) is 222 Å². The predicted octanol–water partition coefficient (Wildman–Crippen LogP) is 14.2. The number of fused-ring (bicyclic) bond motifs is 5. The summed E-state index contributed by atoms with van der Waals surface area (Å²) >= 11 is 0. The summed E-state index contributed by atoms with van der Waals surface area (Å²) in [4.78, 5) is 0. The van der Waals surface area contributed by atoms with Gasteiger partial charge in [0.1, 0.15) is 0 Å². The third-order valence-corrected chi connectivity index (χ3v) is 11.6. The first-order valence-corrected chi connectivity index (χ1v) is 19.7. The Bertz CT molecular complexity index is 3110. The molecule has 2 atom stereocenters. The Morgan fingerprint density at radius 1 is 0.421 bits per heavy atom. The molecule has 3 nitrogen and oxygen atoms in total. The maximum atomic E-state index is 5.32. The van der Waals surface area contributed by atoms with Gasteiger partial charge in [-0.2, -0.15) is 0 Å². The van der Waals surface area contributed by atoms with Crippen molar-refractivity contribution < 1.29 is 0 Å². The summed E-state index contributed by atoms with van der Waals surface area (Å²) in [5.74, 6) is 0. The minimum atomic E-state index is -0.159. The van der Waals surface area contributed by atoms with E-state index in [-0.39, 0.29) is 12.2 Å². The van der Waals surface area contributed by atoms with E-state index in [9.17, 15) is 0 Å². The topological polar surface area (TPSA) is 31.1 Å². The first-order chi connectivity index (χ1) is 28.2. The van der Waals surface area contributed by atoms with Crippen LogP contribution >= 0.6 is 0 Å². The van der Waals surface area contributed by atoms with E-state index in [0.29, 0.717) is 0 Å². The highest BCUT2D eigenvalue weighted by Crippen LogP contribution is 2.42. The van der Waals surface area contributed by atoms with Crippen molar-refractivity contribution in [2.24, 2.45) is 0 Å². The van der Waals surface area contributed by atoms with Gasteiger partial charge >= 0.3 is 0 Å². The molecule has 1 aliphatic heterocycles. The average molecular weight is 729 g/mol. The van der Waals surface area contributed by atoms with Gasteiger partial charge in [-0.3, -0.25) is 0 Å². The summed E-state index contributed by atoms with van der Waals surface area (Å²) in [6.45, 7) is 0. The van der Waals surface area contributed by atoms with E-state index in [1.807, 2.05) is 0 Å². The summed E-state index contributed by atoms with van der Waals surface area (Å²) in [6, 6.07) is 74.4. The zero-order valence-corrected chi connectivity index (χ0v) is 31.3. The Morgan fingerprint density at radius 3 is 1.79 bits per heavy atom. The molecule has 11 rings (SSSR count). The molecule has 270 valence electrons. The minimum Gasteiger partial charge on any atom is -0.629 e. The van der Waals surface area contributed by atoms with Crippen LogP contribution in [0.2, 0.25) is 0 Å². The molecule has 0 fully saturated rings. The van der Waals surface area contributed by atoms with Gasteiger partial charge in [0.05, 0.1) is 11.0 Å². The number of rotatable bonds is 6. The van der Waals surface area contributed by atoms with Gasteiger partial charge in [0.25, 0.3) is 0 Å². The molecule has 0 spiro atoms. The molecule has 0 saturated carbocycles. The summed E-state index contributed by atoms with van der Waals surface area (Å²) in [5.41, 5.74) is 13.0. The second-order valence-corrected chi connectivity index (χ2v) is 14.9. The first kappa shape index (κ1) is 33.2. The second kappa shape index (κ2) is 13.8. The fourth-order valence-electron chi connectivity index (χ4n) is 8.80. The second-order valence-electron chi connectivity index (χ2n) is 14.9. The number of hydrogen-bond acceptors (Lipinski definition) is 1. The lowest BCUT2D eigenvalue weighted by atomic mass is 9.94. The van der Waals surface area contributed by atoms with Crippen molar-refractivity contribution in [3.63, 3.8) is 0 Å². The molecule has 3 heteroatoms. The van der Waals surface area contributed by atoms with Crippen LogP contribution in [-0.4, -0.2) is 4.57 Å². The van der Waals surface area contributed by atoms with Crippen LogP contribution in [0.3, 0.4) is 0 Å². The highest BCUT2D eigenvalue weighted by atomic mass is 15.2. The summed E-state index contributed by atoms with van der Waals surface area (Å²) in [6.07, 6.45) is 2.12. The van der Waals surface area contributed by atoms with Gasteiger partial charge in [0, 0.05) is 22.2 Å². The zero-order chi connectivity index (χ0) is 37.7. The van der Waals surface area contributed by atoms with Crippen molar-refractivity contribution in [3.8, 4) is 27.9 Å². The van der Waals surface area contributed by atoms with E-state index in [1.165, 1.54) is 71.2 Å². The predicted molar refractivity (Wildman–Crippen MR) is 240 cm³/mol. The van der Waals surface area contributed by atoms with Crippen LogP contribution < -0.4 is 5.32 Å². The van der Waals surface area contributed by atoms with Crippen molar-refractivity contribution >= 4 is 49.0 Å². The molecule has 0 saturated heterocycles. The molecule has 10 aromatic rings. The largest absolute Gasteiger partial charge is 0.629 e. The van der Waals surface area contributed by atoms with Gasteiger partial charge in [0.2, 0.25) is 0 Å². The SMILES string of the molecule is C1=C(c2ccc(-c3ccc(-n4c5ccccc5c5cc(-c6cccc7ccccc67)ccc54)cc3)cc2)NC(c2ccccc2)[N-]C1c1cccc2ccccc12. The van der Waals surface area contributed by atoms with Crippen LogP contribution in [0.25, 0.3) is 82.3 Å². The Labute approximate surface area is 332 Å². The van der Waals surface area contributed by atoms with Crippen LogP contribution in [0.1, 0.15) is 28.9 Å². The van der Waals surface area contributed by atoms with E-state index >= 15 is 0 Å². The van der Waals surface area contributed by atoms with E-state index in [0.717, 1.165) is 22.5 Å². The quantitative estimate of drug-likeness (QED) is 0.182. The molecule has 0 radical (unpaired) electrons. The molecule has 2 unspecified atom stereocenters. The first-order valence-electron chi connectivity index (χ1n) is 19.7. The van der Waals surface area contributed by atoms with Crippen LogP contribution in [-0.2, 0) is 0 Å². The molecule has 1 N–H and O–H groups in total. The van der Waals surface area contributed by atoms with Gasteiger partial charge in [-0.15, -0.1) is 0 Å². The Kier molecular flexibility index (Phi) is 8.04. The smallest absolute Gasteiger partial charge is 0.0541 e. The lowest BCUT2D eigenvalue weighted by Gasteiger charge is -2.45. The minimum absolute atomic E-state index is 0.0876. The normalized spacial score (nSPS) is 15.5. The Balaban J connectivity index is 0.922. The number of para-hydroxylation sites is 1. The molecule has 1 aliphatic rings. The molecule has 0 bridgehead atoms. The lowest BCUT2D eigenvalue weighted by molar-refractivity contribution is 0.665. The number of nitrogens with one attached hydrogen (secondary N) is 1. The number of benzene rings is 9. The highest BCUT2D eigenvalue weighted by Gasteiger charge is 2.18. The van der Waals surface area contributed by atoms with Gasteiger partial charge in [-0.25, -0.2) is 0 Å². The lowest BCUT2D eigenvalue weighted by Crippen LogP contribution is -2.25. The average Bonchev–Trinajstić information content (AvgIpc) is 3.62. The Morgan fingerprint density at radius 2 is 1.00 bits per heavy atom.